The van der Waals surface area contributed by atoms with Crippen LogP contribution in [-0.4, -0.2) is 28.9 Å². The second-order valence-electron chi connectivity index (χ2n) is 4.64. The summed E-state index contributed by atoms with van der Waals surface area (Å²) in [5.41, 5.74) is 0.985. The summed E-state index contributed by atoms with van der Waals surface area (Å²) in [5.74, 6) is 0.872. The lowest BCUT2D eigenvalue weighted by Crippen LogP contribution is -2.37. The summed E-state index contributed by atoms with van der Waals surface area (Å²) in [6.45, 7) is 8.00. The molecular weight excluding hydrogens is 220 g/mol. The van der Waals surface area contributed by atoms with Crippen molar-refractivity contribution in [3.63, 3.8) is 0 Å². The van der Waals surface area contributed by atoms with Crippen molar-refractivity contribution >= 4 is 17.2 Å². The standard InChI is InChI=1S/C12H18N2OS/c1-8-4-6-14(7-5-8)12(15)11-13-9(2)10(3)16-11/h8H,4-7H2,1-3H3. The van der Waals surface area contributed by atoms with E-state index >= 15 is 0 Å². The number of thiazole rings is 1. The van der Waals surface area contributed by atoms with E-state index in [2.05, 4.69) is 11.9 Å². The minimum atomic E-state index is 0.119. The number of rotatable bonds is 1. The van der Waals surface area contributed by atoms with Crippen LogP contribution in [0.4, 0.5) is 0 Å². The maximum absolute atomic E-state index is 12.1. The van der Waals surface area contributed by atoms with Gasteiger partial charge in [0.25, 0.3) is 5.91 Å². The summed E-state index contributed by atoms with van der Waals surface area (Å²) in [4.78, 5) is 19.6. The first-order chi connectivity index (χ1) is 7.58. The molecule has 1 fully saturated rings. The smallest absolute Gasteiger partial charge is 0.282 e. The minimum Gasteiger partial charge on any atom is -0.337 e. The molecular formula is C12H18N2OS. The first kappa shape index (κ1) is 11.6. The Balaban J connectivity index is 2.07. The van der Waals surface area contributed by atoms with Crippen LogP contribution in [0, 0.1) is 19.8 Å². The zero-order valence-corrected chi connectivity index (χ0v) is 10.9. The molecule has 1 saturated heterocycles. The van der Waals surface area contributed by atoms with Crippen molar-refractivity contribution in [1.29, 1.82) is 0 Å². The van der Waals surface area contributed by atoms with Crippen LogP contribution in [0.15, 0.2) is 0 Å². The van der Waals surface area contributed by atoms with Gasteiger partial charge in [0.2, 0.25) is 0 Å². The maximum atomic E-state index is 12.1. The first-order valence-electron chi connectivity index (χ1n) is 5.81. The molecule has 1 aromatic rings. The van der Waals surface area contributed by atoms with Crippen molar-refractivity contribution in [2.45, 2.75) is 33.6 Å². The van der Waals surface area contributed by atoms with E-state index in [0.29, 0.717) is 5.01 Å². The number of aryl methyl sites for hydroxylation is 2. The van der Waals surface area contributed by atoms with Gasteiger partial charge in [-0.1, -0.05) is 6.92 Å². The van der Waals surface area contributed by atoms with Crippen molar-refractivity contribution in [1.82, 2.24) is 9.88 Å². The number of carbonyl (C=O) groups excluding carboxylic acids is 1. The van der Waals surface area contributed by atoms with Gasteiger partial charge in [-0.15, -0.1) is 11.3 Å². The molecule has 0 unspecified atom stereocenters. The van der Waals surface area contributed by atoms with E-state index in [0.717, 1.165) is 42.4 Å². The molecule has 0 aromatic carbocycles. The predicted molar refractivity (Wildman–Crippen MR) is 65.9 cm³/mol. The lowest BCUT2D eigenvalue weighted by molar-refractivity contribution is 0.0696. The van der Waals surface area contributed by atoms with E-state index in [1.807, 2.05) is 18.7 Å². The third-order valence-corrected chi connectivity index (χ3v) is 4.34. The molecule has 1 aliphatic rings. The fourth-order valence-corrected chi connectivity index (χ4v) is 2.79. The Morgan fingerprint density at radius 3 is 2.50 bits per heavy atom. The van der Waals surface area contributed by atoms with Gasteiger partial charge in [0.1, 0.15) is 0 Å². The molecule has 2 heterocycles. The zero-order valence-electron chi connectivity index (χ0n) is 10.1. The highest BCUT2D eigenvalue weighted by atomic mass is 32.1. The molecule has 0 N–H and O–H groups in total. The van der Waals surface area contributed by atoms with E-state index in [9.17, 15) is 4.79 Å². The van der Waals surface area contributed by atoms with Crippen molar-refractivity contribution in [3.8, 4) is 0 Å². The molecule has 1 aromatic heterocycles. The number of hydrogen-bond donors (Lipinski definition) is 0. The van der Waals surface area contributed by atoms with E-state index < -0.39 is 0 Å². The minimum absolute atomic E-state index is 0.119. The lowest BCUT2D eigenvalue weighted by Gasteiger charge is -2.29. The van der Waals surface area contributed by atoms with Gasteiger partial charge in [0.05, 0.1) is 5.69 Å². The molecule has 0 bridgehead atoms. The van der Waals surface area contributed by atoms with Gasteiger partial charge in [-0.05, 0) is 32.6 Å². The van der Waals surface area contributed by atoms with Gasteiger partial charge >= 0.3 is 0 Å². The maximum Gasteiger partial charge on any atom is 0.282 e. The summed E-state index contributed by atoms with van der Waals surface area (Å²) in [5, 5.41) is 0.657. The number of amides is 1. The summed E-state index contributed by atoms with van der Waals surface area (Å²) in [7, 11) is 0. The third kappa shape index (κ3) is 2.26. The Labute approximate surface area is 100 Å². The van der Waals surface area contributed by atoms with Gasteiger partial charge in [0.15, 0.2) is 5.01 Å². The fraction of sp³-hybridized carbons (Fsp3) is 0.667. The molecule has 0 aliphatic carbocycles. The number of carbonyl (C=O) groups is 1. The monoisotopic (exact) mass is 238 g/mol. The molecule has 0 saturated carbocycles. The van der Waals surface area contributed by atoms with Crippen LogP contribution in [0.1, 0.15) is 40.1 Å². The molecule has 0 spiro atoms. The van der Waals surface area contributed by atoms with Gasteiger partial charge in [-0.3, -0.25) is 4.79 Å². The Hall–Kier alpha value is -0.900. The summed E-state index contributed by atoms with van der Waals surface area (Å²) in [6, 6.07) is 0. The first-order valence-corrected chi connectivity index (χ1v) is 6.63. The van der Waals surface area contributed by atoms with Crippen molar-refractivity contribution < 1.29 is 4.79 Å². The molecule has 2 rings (SSSR count). The predicted octanol–water partition coefficient (Wildman–Crippen LogP) is 2.63. The van der Waals surface area contributed by atoms with Crippen LogP contribution in [0.3, 0.4) is 0 Å². The molecule has 1 amide bonds. The van der Waals surface area contributed by atoms with Crippen LogP contribution < -0.4 is 0 Å². The number of hydrogen-bond acceptors (Lipinski definition) is 3. The highest BCUT2D eigenvalue weighted by Crippen LogP contribution is 2.21. The van der Waals surface area contributed by atoms with Crippen molar-refractivity contribution in [3.05, 3.63) is 15.6 Å². The quantitative estimate of drug-likeness (QED) is 0.753. The average molecular weight is 238 g/mol. The molecule has 16 heavy (non-hydrogen) atoms. The normalized spacial score (nSPS) is 17.8. The Kier molecular flexibility index (Phi) is 3.28. The Morgan fingerprint density at radius 2 is 2.00 bits per heavy atom. The number of likely N-dealkylation sites (tertiary alicyclic amines) is 1. The Morgan fingerprint density at radius 1 is 1.38 bits per heavy atom. The number of piperidine rings is 1. The molecule has 1 aliphatic heterocycles. The molecule has 0 radical (unpaired) electrons. The highest BCUT2D eigenvalue weighted by Gasteiger charge is 2.23. The van der Waals surface area contributed by atoms with Crippen LogP contribution >= 0.6 is 11.3 Å². The van der Waals surface area contributed by atoms with Crippen molar-refractivity contribution in [2.24, 2.45) is 5.92 Å². The molecule has 3 nitrogen and oxygen atoms in total. The van der Waals surface area contributed by atoms with Gasteiger partial charge < -0.3 is 4.90 Å². The van der Waals surface area contributed by atoms with Crippen LogP contribution in [0.5, 0.6) is 0 Å². The van der Waals surface area contributed by atoms with Crippen LogP contribution in [-0.2, 0) is 0 Å². The molecule has 88 valence electrons. The summed E-state index contributed by atoms with van der Waals surface area (Å²) >= 11 is 1.51. The largest absolute Gasteiger partial charge is 0.337 e. The second kappa shape index (κ2) is 4.53. The average Bonchev–Trinajstić information content (AvgIpc) is 2.59. The third-order valence-electron chi connectivity index (χ3n) is 3.28. The summed E-state index contributed by atoms with van der Waals surface area (Å²) < 4.78 is 0. The topological polar surface area (TPSA) is 33.2 Å². The highest BCUT2D eigenvalue weighted by molar-refractivity contribution is 7.13. The molecule has 0 atom stereocenters. The van der Waals surface area contributed by atoms with E-state index in [4.69, 9.17) is 0 Å². The second-order valence-corrected chi connectivity index (χ2v) is 5.84. The van der Waals surface area contributed by atoms with Crippen LogP contribution in [0.2, 0.25) is 0 Å². The zero-order chi connectivity index (χ0) is 11.7. The molecule has 4 heteroatoms. The van der Waals surface area contributed by atoms with E-state index in [-0.39, 0.29) is 5.91 Å². The van der Waals surface area contributed by atoms with E-state index in [1.165, 1.54) is 11.3 Å². The van der Waals surface area contributed by atoms with Crippen molar-refractivity contribution in [2.75, 3.05) is 13.1 Å². The number of nitrogens with zero attached hydrogens (tertiary/aromatic N) is 2. The van der Waals surface area contributed by atoms with Gasteiger partial charge in [-0.2, -0.15) is 0 Å². The van der Waals surface area contributed by atoms with Gasteiger partial charge in [0, 0.05) is 18.0 Å². The Bertz CT molecular complexity index is 372. The van der Waals surface area contributed by atoms with E-state index in [1.54, 1.807) is 0 Å². The fourth-order valence-electron chi connectivity index (χ4n) is 1.91. The summed E-state index contributed by atoms with van der Waals surface area (Å²) in [6.07, 6.45) is 2.24. The number of aromatic nitrogens is 1. The lowest BCUT2D eigenvalue weighted by atomic mass is 9.99. The SMILES string of the molecule is Cc1nc(C(=O)N2CCC(C)CC2)sc1C. The van der Waals surface area contributed by atoms with Gasteiger partial charge in [-0.25, -0.2) is 4.98 Å². The van der Waals surface area contributed by atoms with Crippen LogP contribution in [0.25, 0.3) is 0 Å².